The van der Waals surface area contributed by atoms with E-state index < -0.39 is 0 Å². The van der Waals surface area contributed by atoms with Gasteiger partial charge in [0.05, 0.1) is 0 Å². The van der Waals surface area contributed by atoms with Crippen LogP contribution in [-0.4, -0.2) is 17.0 Å². The summed E-state index contributed by atoms with van der Waals surface area (Å²) < 4.78 is 0. The minimum absolute atomic E-state index is 0. The van der Waals surface area contributed by atoms with Crippen molar-refractivity contribution < 1.29 is 0 Å². The molecule has 0 saturated carbocycles. The third-order valence-corrected chi connectivity index (χ3v) is 1.00. The summed E-state index contributed by atoms with van der Waals surface area (Å²) >= 11 is 0. The lowest BCUT2D eigenvalue weighted by molar-refractivity contribution is 1.12. The average molecular weight is 196 g/mol. The molecule has 1 aromatic heterocycles. The molecular formula is C6H11Cl2N3. The predicted molar refractivity (Wildman–Crippen MR) is 50.8 cm³/mol. The molecule has 64 valence electrons. The highest BCUT2D eigenvalue weighted by Gasteiger charge is 1.86. The summed E-state index contributed by atoms with van der Waals surface area (Å²) in [5.74, 6) is 0.667. The van der Waals surface area contributed by atoms with Gasteiger partial charge in [-0.25, -0.2) is 9.97 Å². The maximum Gasteiger partial charge on any atom is 0.222 e. The van der Waals surface area contributed by atoms with Crippen LogP contribution < -0.4 is 5.32 Å². The zero-order valence-electron chi connectivity index (χ0n) is 6.37. The summed E-state index contributed by atoms with van der Waals surface area (Å²) in [4.78, 5) is 7.95. The van der Waals surface area contributed by atoms with Gasteiger partial charge in [0.25, 0.3) is 0 Å². The van der Waals surface area contributed by atoms with Crippen LogP contribution in [0.5, 0.6) is 0 Å². The van der Waals surface area contributed by atoms with Gasteiger partial charge in [-0.3, -0.25) is 0 Å². The lowest BCUT2D eigenvalue weighted by atomic mass is 10.4. The maximum atomic E-state index is 3.97. The molecule has 1 aromatic rings. The fourth-order valence-electron chi connectivity index (χ4n) is 0.522. The Balaban J connectivity index is 0. The van der Waals surface area contributed by atoms with E-state index in [9.17, 15) is 0 Å². The van der Waals surface area contributed by atoms with Crippen LogP contribution in [0, 0.1) is 6.92 Å². The Morgan fingerprint density at radius 3 is 2.00 bits per heavy atom. The van der Waals surface area contributed by atoms with Crippen molar-refractivity contribution in [2.24, 2.45) is 0 Å². The quantitative estimate of drug-likeness (QED) is 0.742. The van der Waals surface area contributed by atoms with Gasteiger partial charge in [-0.15, -0.1) is 24.8 Å². The first kappa shape index (κ1) is 13.1. The molecule has 0 aliphatic heterocycles. The van der Waals surface area contributed by atoms with Gasteiger partial charge in [0, 0.05) is 19.4 Å². The van der Waals surface area contributed by atoms with E-state index in [1.807, 2.05) is 6.92 Å². The monoisotopic (exact) mass is 195 g/mol. The van der Waals surface area contributed by atoms with Crippen molar-refractivity contribution in [1.29, 1.82) is 0 Å². The van der Waals surface area contributed by atoms with Crippen molar-refractivity contribution in [1.82, 2.24) is 9.97 Å². The van der Waals surface area contributed by atoms with Gasteiger partial charge in [-0.2, -0.15) is 0 Å². The molecule has 0 bridgehead atoms. The fraction of sp³-hybridized carbons (Fsp3) is 0.333. The summed E-state index contributed by atoms with van der Waals surface area (Å²) in [6, 6.07) is 0. The fourth-order valence-corrected chi connectivity index (χ4v) is 0.522. The number of halogens is 2. The summed E-state index contributed by atoms with van der Waals surface area (Å²) in [5, 5.41) is 2.83. The summed E-state index contributed by atoms with van der Waals surface area (Å²) in [7, 11) is 1.80. The first-order valence-corrected chi connectivity index (χ1v) is 2.79. The molecular weight excluding hydrogens is 185 g/mol. The number of rotatable bonds is 1. The van der Waals surface area contributed by atoms with Crippen LogP contribution in [0.15, 0.2) is 12.4 Å². The molecule has 1 heterocycles. The molecule has 0 unspecified atom stereocenters. The zero-order chi connectivity index (χ0) is 6.69. The van der Waals surface area contributed by atoms with Crippen LogP contribution in [0.1, 0.15) is 5.56 Å². The number of nitrogens with one attached hydrogen (secondary N) is 1. The highest BCUT2D eigenvalue weighted by Crippen LogP contribution is 1.95. The number of nitrogens with zero attached hydrogens (tertiary/aromatic N) is 2. The van der Waals surface area contributed by atoms with Crippen LogP contribution in [0.2, 0.25) is 0 Å². The minimum Gasteiger partial charge on any atom is -0.357 e. The van der Waals surface area contributed by atoms with Crippen LogP contribution in [0.25, 0.3) is 0 Å². The molecule has 3 nitrogen and oxygen atoms in total. The van der Waals surface area contributed by atoms with E-state index in [0.717, 1.165) is 5.56 Å². The lowest BCUT2D eigenvalue weighted by Gasteiger charge is -1.94. The number of anilines is 1. The summed E-state index contributed by atoms with van der Waals surface area (Å²) in [6.45, 7) is 1.96. The Labute approximate surface area is 78.5 Å². The van der Waals surface area contributed by atoms with Gasteiger partial charge in [0.15, 0.2) is 0 Å². The second kappa shape index (κ2) is 6.19. The van der Waals surface area contributed by atoms with Crippen LogP contribution in [0.3, 0.4) is 0 Å². The van der Waals surface area contributed by atoms with E-state index in [4.69, 9.17) is 0 Å². The Morgan fingerprint density at radius 1 is 1.18 bits per heavy atom. The third kappa shape index (κ3) is 4.01. The van der Waals surface area contributed by atoms with Gasteiger partial charge in [-0.05, 0) is 12.5 Å². The second-order valence-corrected chi connectivity index (χ2v) is 1.83. The predicted octanol–water partition coefficient (Wildman–Crippen LogP) is 1.67. The third-order valence-electron chi connectivity index (χ3n) is 1.00. The molecule has 0 aliphatic carbocycles. The van der Waals surface area contributed by atoms with Crippen LogP contribution in [0.4, 0.5) is 5.95 Å². The Hall–Kier alpha value is -0.540. The van der Waals surface area contributed by atoms with E-state index in [-0.39, 0.29) is 24.8 Å². The number of aromatic nitrogens is 2. The van der Waals surface area contributed by atoms with Crippen molar-refractivity contribution in [3.8, 4) is 0 Å². The molecule has 11 heavy (non-hydrogen) atoms. The van der Waals surface area contributed by atoms with Crippen molar-refractivity contribution in [3.63, 3.8) is 0 Å². The number of hydrogen-bond acceptors (Lipinski definition) is 3. The zero-order valence-corrected chi connectivity index (χ0v) is 8.00. The van der Waals surface area contributed by atoms with Crippen molar-refractivity contribution >= 4 is 30.8 Å². The molecule has 0 aliphatic rings. The largest absolute Gasteiger partial charge is 0.357 e. The highest BCUT2D eigenvalue weighted by atomic mass is 35.5. The molecule has 0 radical (unpaired) electrons. The van der Waals surface area contributed by atoms with Gasteiger partial charge in [0.2, 0.25) is 5.95 Å². The van der Waals surface area contributed by atoms with Gasteiger partial charge in [-0.1, -0.05) is 0 Å². The first-order valence-electron chi connectivity index (χ1n) is 2.79. The van der Waals surface area contributed by atoms with E-state index >= 15 is 0 Å². The molecule has 1 rings (SSSR count). The van der Waals surface area contributed by atoms with Crippen molar-refractivity contribution in [3.05, 3.63) is 18.0 Å². The molecule has 0 spiro atoms. The van der Waals surface area contributed by atoms with Gasteiger partial charge in [0.1, 0.15) is 0 Å². The van der Waals surface area contributed by atoms with E-state index in [1.54, 1.807) is 19.4 Å². The Kier molecular flexibility index (Phi) is 7.36. The molecule has 0 saturated heterocycles. The maximum absolute atomic E-state index is 3.97. The van der Waals surface area contributed by atoms with Crippen LogP contribution in [-0.2, 0) is 0 Å². The van der Waals surface area contributed by atoms with Crippen molar-refractivity contribution in [2.75, 3.05) is 12.4 Å². The smallest absolute Gasteiger partial charge is 0.222 e. The number of aryl methyl sites for hydroxylation is 1. The number of hydrogen-bond donors (Lipinski definition) is 1. The second-order valence-electron chi connectivity index (χ2n) is 1.83. The minimum atomic E-state index is 0. The van der Waals surface area contributed by atoms with Gasteiger partial charge >= 0.3 is 0 Å². The van der Waals surface area contributed by atoms with Gasteiger partial charge < -0.3 is 5.32 Å². The molecule has 0 fully saturated rings. The highest BCUT2D eigenvalue weighted by molar-refractivity contribution is 5.85. The molecule has 1 N–H and O–H groups in total. The molecule has 0 amide bonds. The first-order chi connectivity index (χ1) is 4.33. The van der Waals surface area contributed by atoms with E-state index in [0.29, 0.717) is 5.95 Å². The van der Waals surface area contributed by atoms with E-state index in [2.05, 4.69) is 15.3 Å². The SMILES string of the molecule is CNc1ncc(C)cn1.Cl.Cl. The topological polar surface area (TPSA) is 37.8 Å². The molecule has 5 heteroatoms. The van der Waals surface area contributed by atoms with Crippen molar-refractivity contribution in [2.45, 2.75) is 6.92 Å². The lowest BCUT2D eigenvalue weighted by Crippen LogP contribution is -1.94. The van der Waals surface area contributed by atoms with Crippen LogP contribution >= 0.6 is 24.8 Å². The van der Waals surface area contributed by atoms with E-state index in [1.165, 1.54) is 0 Å². The summed E-state index contributed by atoms with van der Waals surface area (Å²) in [5.41, 5.74) is 1.08. The standard InChI is InChI=1S/C6H9N3.2ClH/c1-5-3-8-6(7-2)9-4-5;;/h3-4H,1-2H3,(H,7,8,9);2*1H. The molecule has 0 aromatic carbocycles. The Bertz CT molecular complexity index is 188. The molecule has 0 atom stereocenters. The Morgan fingerprint density at radius 2 is 1.64 bits per heavy atom. The summed E-state index contributed by atoms with van der Waals surface area (Å²) in [6.07, 6.45) is 3.55. The normalized spacial score (nSPS) is 7.45. The average Bonchev–Trinajstić information content (AvgIpc) is 1.90.